The average Bonchev–Trinajstić information content (AvgIpc) is 3.41. The summed E-state index contributed by atoms with van der Waals surface area (Å²) in [5.74, 6) is -1.35. The minimum atomic E-state index is -4.49. The van der Waals surface area contributed by atoms with Gasteiger partial charge in [-0.1, -0.05) is 31.7 Å². The Morgan fingerprint density at radius 1 is 1.13 bits per heavy atom. The number of alkyl halides is 3. The van der Waals surface area contributed by atoms with Crippen LogP contribution in [0.1, 0.15) is 80.4 Å². The van der Waals surface area contributed by atoms with Gasteiger partial charge in [0.05, 0.1) is 5.41 Å². The SMILES string of the molecule is CCn1nccc1C(=O)N[C@H](C(=O)Nc1ccc2c(c1)CCC2(C)C(=O)NCC(F)(F)F)C1CCCCCC1. The Morgan fingerprint density at radius 3 is 2.51 bits per heavy atom. The van der Waals surface area contributed by atoms with Gasteiger partial charge < -0.3 is 16.0 Å². The number of halogens is 3. The molecule has 8 nitrogen and oxygen atoms in total. The molecule has 0 spiro atoms. The third kappa shape index (κ3) is 6.62. The number of rotatable bonds is 8. The fraction of sp³-hybridized carbons (Fsp3) is 0.571. The van der Waals surface area contributed by atoms with Crippen molar-refractivity contribution in [1.82, 2.24) is 20.4 Å². The Kier molecular flexibility index (Phi) is 8.66. The van der Waals surface area contributed by atoms with Gasteiger partial charge in [-0.25, -0.2) is 0 Å². The lowest BCUT2D eigenvalue weighted by Gasteiger charge is -2.27. The lowest BCUT2D eigenvalue weighted by Crippen LogP contribution is -2.49. The van der Waals surface area contributed by atoms with Crippen LogP contribution in [-0.4, -0.2) is 46.3 Å². The highest BCUT2D eigenvalue weighted by molar-refractivity contribution is 6.01. The Morgan fingerprint density at radius 2 is 1.85 bits per heavy atom. The van der Waals surface area contributed by atoms with E-state index in [0.717, 1.165) is 44.1 Å². The predicted octanol–water partition coefficient (Wildman–Crippen LogP) is 4.49. The summed E-state index contributed by atoms with van der Waals surface area (Å²) in [6.45, 7) is 2.68. The van der Waals surface area contributed by atoms with Gasteiger partial charge in [0.25, 0.3) is 5.91 Å². The molecule has 1 aromatic heterocycles. The smallest absolute Gasteiger partial charge is 0.346 e. The van der Waals surface area contributed by atoms with Crippen LogP contribution >= 0.6 is 0 Å². The minimum Gasteiger partial charge on any atom is -0.346 e. The van der Waals surface area contributed by atoms with Crippen molar-refractivity contribution in [3.05, 3.63) is 47.3 Å². The maximum atomic E-state index is 13.6. The second kappa shape index (κ2) is 11.8. The van der Waals surface area contributed by atoms with Crippen LogP contribution in [0.3, 0.4) is 0 Å². The molecule has 0 radical (unpaired) electrons. The van der Waals surface area contributed by atoms with Gasteiger partial charge >= 0.3 is 6.18 Å². The first-order valence-corrected chi connectivity index (χ1v) is 13.6. The molecule has 1 fully saturated rings. The Labute approximate surface area is 226 Å². The number of hydrogen-bond donors (Lipinski definition) is 3. The Hall–Kier alpha value is -3.37. The fourth-order valence-corrected chi connectivity index (χ4v) is 5.80. The normalized spacial score (nSPS) is 20.5. The molecule has 1 unspecified atom stereocenters. The molecule has 4 rings (SSSR count). The number of carbonyl (C=O) groups is 3. The number of anilines is 1. The number of fused-ring (bicyclic) bond motifs is 1. The molecule has 11 heteroatoms. The molecular weight excluding hydrogens is 511 g/mol. The first-order valence-electron chi connectivity index (χ1n) is 13.6. The molecular formula is C28H36F3N5O3. The zero-order valence-electron chi connectivity index (χ0n) is 22.4. The highest BCUT2D eigenvalue weighted by atomic mass is 19.4. The van der Waals surface area contributed by atoms with E-state index in [0.29, 0.717) is 36.3 Å². The van der Waals surface area contributed by atoms with Crippen LogP contribution in [0.4, 0.5) is 18.9 Å². The number of carbonyl (C=O) groups excluding carboxylic acids is 3. The summed E-state index contributed by atoms with van der Waals surface area (Å²) in [6, 6.07) is 6.03. The van der Waals surface area contributed by atoms with Crippen molar-refractivity contribution in [2.24, 2.45) is 5.92 Å². The number of nitrogens with one attached hydrogen (secondary N) is 3. The van der Waals surface area contributed by atoms with E-state index >= 15 is 0 Å². The highest BCUT2D eigenvalue weighted by Crippen LogP contribution is 2.40. The van der Waals surface area contributed by atoms with Crippen molar-refractivity contribution in [3.63, 3.8) is 0 Å². The molecule has 2 aliphatic rings. The van der Waals surface area contributed by atoms with E-state index in [1.54, 1.807) is 42.1 Å². The second-order valence-corrected chi connectivity index (χ2v) is 10.7. The first-order chi connectivity index (χ1) is 18.5. The molecule has 3 N–H and O–H groups in total. The van der Waals surface area contributed by atoms with E-state index in [1.807, 2.05) is 12.2 Å². The third-order valence-electron chi connectivity index (χ3n) is 8.00. The van der Waals surface area contributed by atoms with Gasteiger partial charge in [0.2, 0.25) is 11.8 Å². The van der Waals surface area contributed by atoms with Crippen molar-refractivity contribution in [2.75, 3.05) is 11.9 Å². The Bertz CT molecular complexity index is 1200. The summed E-state index contributed by atoms with van der Waals surface area (Å²) in [7, 11) is 0. The van der Waals surface area contributed by atoms with Crippen LogP contribution in [0.2, 0.25) is 0 Å². The number of aromatic nitrogens is 2. The van der Waals surface area contributed by atoms with Crippen molar-refractivity contribution in [3.8, 4) is 0 Å². The van der Waals surface area contributed by atoms with Gasteiger partial charge in [0.15, 0.2) is 0 Å². The molecule has 1 aromatic carbocycles. The van der Waals surface area contributed by atoms with Gasteiger partial charge in [-0.2, -0.15) is 18.3 Å². The standard InChI is InChI=1S/C28H36F3N5O3/c1-3-36-22(13-15-33-36)24(37)35-23(18-8-6-4-5-7-9-18)25(38)34-20-10-11-21-19(16-20)12-14-27(21,2)26(39)32-17-28(29,30)31/h10-11,13,15-16,18,23H,3-9,12,14,17H2,1-2H3,(H,32,39)(H,34,38)(H,35,37)/t23-,27?/m0/s1. The zero-order chi connectivity index (χ0) is 28.2. The molecule has 2 aromatic rings. The first kappa shape index (κ1) is 28.6. The average molecular weight is 548 g/mol. The largest absolute Gasteiger partial charge is 0.405 e. The quantitative estimate of drug-likeness (QED) is 0.424. The van der Waals surface area contributed by atoms with Gasteiger partial charge in [0, 0.05) is 18.4 Å². The van der Waals surface area contributed by atoms with Crippen LogP contribution in [0.15, 0.2) is 30.5 Å². The number of nitrogens with zero attached hydrogens (tertiary/aromatic N) is 2. The van der Waals surface area contributed by atoms with Crippen molar-refractivity contribution >= 4 is 23.4 Å². The van der Waals surface area contributed by atoms with Crippen LogP contribution in [0.25, 0.3) is 0 Å². The summed E-state index contributed by atoms with van der Waals surface area (Å²) >= 11 is 0. The molecule has 1 heterocycles. The van der Waals surface area contributed by atoms with Crippen molar-refractivity contribution in [1.29, 1.82) is 0 Å². The third-order valence-corrected chi connectivity index (χ3v) is 8.00. The van der Waals surface area contributed by atoms with E-state index in [4.69, 9.17) is 0 Å². The van der Waals surface area contributed by atoms with E-state index in [-0.39, 0.29) is 17.7 Å². The van der Waals surface area contributed by atoms with Crippen molar-refractivity contribution < 1.29 is 27.6 Å². The second-order valence-electron chi connectivity index (χ2n) is 10.7. The summed E-state index contributed by atoms with van der Waals surface area (Å²) < 4.78 is 39.5. The number of hydrogen-bond acceptors (Lipinski definition) is 4. The van der Waals surface area contributed by atoms with E-state index < -0.39 is 30.1 Å². The number of benzene rings is 1. The molecule has 2 atom stereocenters. The fourth-order valence-electron chi connectivity index (χ4n) is 5.80. The van der Waals surface area contributed by atoms with Crippen LogP contribution < -0.4 is 16.0 Å². The molecule has 3 amide bonds. The number of amides is 3. The highest BCUT2D eigenvalue weighted by Gasteiger charge is 2.42. The van der Waals surface area contributed by atoms with Crippen LogP contribution in [-0.2, 0) is 28.0 Å². The minimum absolute atomic E-state index is 0.00973. The molecule has 1 saturated carbocycles. The lowest BCUT2D eigenvalue weighted by atomic mass is 9.83. The Balaban J connectivity index is 1.51. The van der Waals surface area contributed by atoms with Crippen LogP contribution in [0, 0.1) is 5.92 Å². The molecule has 0 saturated heterocycles. The maximum absolute atomic E-state index is 13.6. The van der Waals surface area contributed by atoms with E-state index in [1.165, 1.54) is 0 Å². The topological polar surface area (TPSA) is 105 Å². The molecule has 0 aliphatic heterocycles. The van der Waals surface area contributed by atoms with E-state index in [9.17, 15) is 27.6 Å². The van der Waals surface area contributed by atoms with Crippen LogP contribution in [0.5, 0.6) is 0 Å². The maximum Gasteiger partial charge on any atom is 0.405 e. The zero-order valence-corrected chi connectivity index (χ0v) is 22.4. The lowest BCUT2D eigenvalue weighted by molar-refractivity contribution is -0.141. The van der Waals surface area contributed by atoms with Crippen molar-refractivity contribution in [2.45, 2.75) is 89.4 Å². The molecule has 212 valence electrons. The van der Waals surface area contributed by atoms with Gasteiger partial charge in [-0.05, 0) is 74.8 Å². The monoisotopic (exact) mass is 547 g/mol. The summed E-state index contributed by atoms with van der Waals surface area (Å²) in [6.07, 6.45) is 3.79. The summed E-state index contributed by atoms with van der Waals surface area (Å²) in [4.78, 5) is 39.4. The molecule has 0 bridgehead atoms. The summed E-state index contributed by atoms with van der Waals surface area (Å²) in [5.41, 5.74) is 1.29. The van der Waals surface area contributed by atoms with E-state index in [2.05, 4.69) is 15.7 Å². The predicted molar refractivity (Wildman–Crippen MR) is 140 cm³/mol. The van der Waals surface area contributed by atoms with Gasteiger partial charge in [-0.15, -0.1) is 0 Å². The number of aryl methyl sites for hydroxylation is 2. The molecule has 39 heavy (non-hydrogen) atoms. The summed E-state index contributed by atoms with van der Waals surface area (Å²) in [5, 5.41) is 12.1. The molecule has 2 aliphatic carbocycles. The van der Waals surface area contributed by atoms with Gasteiger partial charge in [-0.3, -0.25) is 19.1 Å². The van der Waals surface area contributed by atoms with Gasteiger partial charge in [0.1, 0.15) is 18.3 Å².